The number of benzene rings is 1. The number of nitrogens with two attached hydrogens (primary N) is 1. The van der Waals surface area contributed by atoms with Crippen LogP contribution in [0, 0.1) is 17.7 Å². The van der Waals surface area contributed by atoms with Crippen LogP contribution in [0.1, 0.15) is 24.5 Å². The van der Waals surface area contributed by atoms with Gasteiger partial charge in [-0.3, -0.25) is 4.90 Å². The molecule has 0 unspecified atom stereocenters. The van der Waals surface area contributed by atoms with Gasteiger partial charge >= 0.3 is 0 Å². The second-order valence-electron chi connectivity index (χ2n) is 5.47. The van der Waals surface area contributed by atoms with E-state index >= 15 is 0 Å². The summed E-state index contributed by atoms with van der Waals surface area (Å²) in [4.78, 5) is 4.86. The first-order valence-electron chi connectivity index (χ1n) is 7.64. The molecule has 0 atom stereocenters. The molecule has 4 heteroatoms. The molecule has 3 nitrogen and oxygen atoms in total. The second kappa shape index (κ2) is 8.14. The van der Waals surface area contributed by atoms with Crippen LogP contribution in [0.2, 0.25) is 0 Å². The predicted molar refractivity (Wildman–Crippen MR) is 84.3 cm³/mol. The van der Waals surface area contributed by atoms with Crippen molar-refractivity contribution in [2.45, 2.75) is 19.9 Å². The Morgan fingerprint density at radius 2 is 1.86 bits per heavy atom. The lowest BCUT2D eigenvalue weighted by Crippen LogP contribution is -2.45. The van der Waals surface area contributed by atoms with Crippen molar-refractivity contribution in [3.63, 3.8) is 0 Å². The van der Waals surface area contributed by atoms with E-state index in [1.54, 1.807) is 6.07 Å². The highest BCUT2D eigenvalue weighted by Crippen LogP contribution is 2.13. The van der Waals surface area contributed by atoms with E-state index < -0.39 is 0 Å². The molecular weight excluding hydrogens is 265 g/mol. The summed E-state index contributed by atoms with van der Waals surface area (Å²) in [6.45, 7) is 8.75. The van der Waals surface area contributed by atoms with Crippen molar-refractivity contribution in [1.82, 2.24) is 9.80 Å². The number of piperazine rings is 1. The van der Waals surface area contributed by atoms with Crippen LogP contribution in [0.15, 0.2) is 18.2 Å². The van der Waals surface area contributed by atoms with Crippen LogP contribution in [0.5, 0.6) is 0 Å². The summed E-state index contributed by atoms with van der Waals surface area (Å²) in [5, 5.41) is 0. The van der Waals surface area contributed by atoms with E-state index in [1.807, 2.05) is 6.07 Å². The molecule has 0 bridgehead atoms. The average Bonchev–Trinajstić information content (AvgIpc) is 2.47. The molecule has 21 heavy (non-hydrogen) atoms. The number of halogens is 1. The zero-order valence-electron chi connectivity index (χ0n) is 12.7. The van der Waals surface area contributed by atoms with Crippen LogP contribution in [-0.4, -0.2) is 49.1 Å². The number of hydrogen-bond donors (Lipinski definition) is 1. The fraction of sp³-hybridized carbons (Fsp3) is 0.529. The van der Waals surface area contributed by atoms with E-state index in [9.17, 15) is 4.39 Å². The lowest BCUT2D eigenvalue weighted by atomic mass is 10.1. The summed E-state index contributed by atoms with van der Waals surface area (Å²) in [5.41, 5.74) is 7.05. The summed E-state index contributed by atoms with van der Waals surface area (Å²) in [5.74, 6) is 5.45. The van der Waals surface area contributed by atoms with Crippen LogP contribution in [0.3, 0.4) is 0 Å². The number of nitrogens with zero attached hydrogens (tertiary/aromatic N) is 2. The summed E-state index contributed by atoms with van der Waals surface area (Å²) in [6, 6.07) is 5.03. The van der Waals surface area contributed by atoms with E-state index in [1.165, 1.54) is 19.0 Å². The Morgan fingerprint density at radius 1 is 1.14 bits per heavy atom. The van der Waals surface area contributed by atoms with Gasteiger partial charge in [-0.2, -0.15) is 0 Å². The normalized spacial score (nSPS) is 16.5. The highest BCUT2D eigenvalue weighted by molar-refractivity contribution is 5.38. The van der Waals surface area contributed by atoms with Crippen LogP contribution in [-0.2, 0) is 6.54 Å². The smallest absolute Gasteiger partial charge is 0.124 e. The van der Waals surface area contributed by atoms with Gasteiger partial charge in [0, 0.05) is 38.3 Å². The predicted octanol–water partition coefficient (Wildman–Crippen LogP) is 1.66. The van der Waals surface area contributed by atoms with Gasteiger partial charge in [-0.05, 0) is 36.7 Å². The van der Waals surface area contributed by atoms with Gasteiger partial charge in [-0.15, -0.1) is 0 Å². The quantitative estimate of drug-likeness (QED) is 0.856. The first-order valence-corrected chi connectivity index (χ1v) is 7.64. The van der Waals surface area contributed by atoms with E-state index in [-0.39, 0.29) is 5.82 Å². The minimum Gasteiger partial charge on any atom is -0.320 e. The van der Waals surface area contributed by atoms with Gasteiger partial charge in [0.1, 0.15) is 5.82 Å². The molecule has 2 rings (SSSR count). The Labute approximate surface area is 126 Å². The van der Waals surface area contributed by atoms with Crippen LogP contribution >= 0.6 is 0 Å². The van der Waals surface area contributed by atoms with Crippen LogP contribution in [0.25, 0.3) is 0 Å². The van der Waals surface area contributed by atoms with Gasteiger partial charge in [-0.1, -0.05) is 18.8 Å². The van der Waals surface area contributed by atoms with Crippen molar-refractivity contribution in [2.24, 2.45) is 5.73 Å². The molecule has 1 fully saturated rings. The van der Waals surface area contributed by atoms with E-state index in [0.717, 1.165) is 38.3 Å². The lowest BCUT2D eigenvalue weighted by Gasteiger charge is -2.34. The zero-order chi connectivity index (χ0) is 15.1. The average molecular weight is 289 g/mol. The highest BCUT2D eigenvalue weighted by Gasteiger charge is 2.16. The third kappa shape index (κ3) is 5.13. The molecule has 0 radical (unpaired) electrons. The molecule has 1 aliphatic rings. The van der Waals surface area contributed by atoms with Crippen molar-refractivity contribution >= 4 is 0 Å². The zero-order valence-corrected chi connectivity index (χ0v) is 12.7. The third-order valence-electron chi connectivity index (χ3n) is 3.70. The molecule has 0 aromatic heterocycles. The largest absolute Gasteiger partial charge is 0.320 e. The molecule has 0 saturated carbocycles. The number of hydrogen-bond acceptors (Lipinski definition) is 3. The minimum atomic E-state index is -0.224. The summed E-state index contributed by atoms with van der Waals surface area (Å²) in [6.07, 6.45) is 1.20. The van der Waals surface area contributed by atoms with Gasteiger partial charge in [0.25, 0.3) is 0 Å². The molecule has 0 amide bonds. The van der Waals surface area contributed by atoms with Gasteiger partial charge < -0.3 is 10.6 Å². The molecule has 1 aromatic carbocycles. The Kier molecular flexibility index (Phi) is 6.19. The number of rotatable bonds is 4. The van der Waals surface area contributed by atoms with Crippen molar-refractivity contribution < 1.29 is 4.39 Å². The Balaban J connectivity index is 1.95. The van der Waals surface area contributed by atoms with Gasteiger partial charge in [0.15, 0.2) is 0 Å². The molecule has 1 heterocycles. The molecule has 0 spiro atoms. The summed E-state index contributed by atoms with van der Waals surface area (Å²) in [7, 11) is 0. The molecule has 1 aromatic rings. The first-order chi connectivity index (χ1) is 10.2. The molecule has 2 N–H and O–H groups in total. The van der Waals surface area contributed by atoms with Gasteiger partial charge in [0.05, 0.1) is 6.54 Å². The lowest BCUT2D eigenvalue weighted by molar-refractivity contribution is 0.127. The van der Waals surface area contributed by atoms with Crippen molar-refractivity contribution in [2.75, 3.05) is 39.3 Å². The monoisotopic (exact) mass is 289 g/mol. The van der Waals surface area contributed by atoms with Crippen LogP contribution in [0.4, 0.5) is 4.39 Å². The molecule has 114 valence electrons. The fourth-order valence-corrected chi connectivity index (χ4v) is 2.71. The summed E-state index contributed by atoms with van der Waals surface area (Å²) >= 11 is 0. The van der Waals surface area contributed by atoms with Crippen molar-refractivity contribution in [3.05, 3.63) is 35.1 Å². The molecular formula is C17H24FN3. The Hall–Kier alpha value is -1.41. The molecule has 1 aliphatic heterocycles. The maximum atomic E-state index is 13.6. The van der Waals surface area contributed by atoms with Gasteiger partial charge in [-0.25, -0.2) is 4.39 Å². The van der Waals surface area contributed by atoms with E-state index in [0.29, 0.717) is 12.1 Å². The Morgan fingerprint density at radius 3 is 2.52 bits per heavy atom. The standard InChI is InChI=1S/C17H24FN3/c1-2-6-20-7-9-21(10-8-20)14-16-11-15(4-3-5-19)12-17(18)13-16/h11-13H,2,5-10,14,19H2,1H3. The topological polar surface area (TPSA) is 32.5 Å². The molecule has 1 saturated heterocycles. The van der Waals surface area contributed by atoms with E-state index in [2.05, 4.69) is 28.6 Å². The van der Waals surface area contributed by atoms with E-state index in [4.69, 9.17) is 5.73 Å². The maximum Gasteiger partial charge on any atom is 0.124 e. The van der Waals surface area contributed by atoms with Crippen molar-refractivity contribution in [3.8, 4) is 11.8 Å². The third-order valence-corrected chi connectivity index (χ3v) is 3.70. The summed E-state index contributed by atoms with van der Waals surface area (Å²) < 4.78 is 13.6. The molecule has 0 aliphatic carbocycles. The maximum absolute atomic E-state index is 13.6. The van der Waals surface area contributed by atoms with Crippen molar-refractivity contribution in [1.29, 1.82) is 0 Å². The Bertz CT molecular complexity index is 511. The minimum absolute atomic E-state index is 0.224. The second-order valence-corrected chi connectivity index (χ2v) is 5.47. The fourth-order valence-electron chi connectivity index (χ4n) is 2.71. The highest BCUT2D eigenvalue weighted by atomic mass is 19.1. The SMILES string of the molecule is CCCN1CCN(Cc2cc(F)cc(C#CCN)c2)CC1. The van der Waals surface area contributed by atoms with Gasteiger partial charge in [0.2, 0.25) is 0 Å². The van der Waals surface area contributed by atoms with Crippen LogP contribution < -0.4 is 5.73 Å². The first kappa shape index (κ1) is 16.0.